The highest BCUT2D eigenvalue weighted by molar-refractivity contribution is 6.06. The number of nitrogens with zero attached hydrogens (tertiary/aromatic N) is 3. The molecule has 0 saturated carbocycles. The zero-order valence-corrected chi connectivity index (χ0v) is 11.1. The van der Waals surface area contributed by atoms with Gasteiger partial charge in [-0.05, 0) is 12.1 Å². The maximum Gasteiger partial charge on any atom is 0.246 e. The third-order valence-corrected chi connectivity index (χ3v) is 3.12. The number of piperazine rings is 1. The highest BCUT2D eigenvalue weighted by Crippen LogP contribution is 2.29. The number of aromatic nitrogens is 2. The molecule has 2 amide bonds. The number of para-hydroxylation sites is 1. The number of carbonyl (C=O) groups is 2. The molecule has 1 saturated heterocycles. The van der Waals surface area contributed by atoms with Crippen LogP contribution in [0.3, 0.4) is 0 Å². The fraction of sp³-hybridized carbons (Fsp3) is 0.231. The van der Waals surface area contributed by atoms with Gasteiger partial charge < -0.3 is 20.5 Å². The highest BCUT2D eigenvalue weighted by Gasteiger charge is 2.27. The van der Waals surface area contributed by atoms with Crippen molar-refractivity contribution in [1.29, 1.82) is 0 Å². The predicted molar refractivity (Wildman–Crippen MR) is 73.0 cm³/mol. The Balaban J connectivity index is 2.03. The van der Waals surface area contributed by atoms with Crippen LogP contribution in [0.4, 0.5) is 5.69 Å². The summed E-state index contributed by atoms with van der Waals surface area (Å²) in [5.41, 5.74) is 6.63. The van der Waals surface area contributed by atoms with Gasteiger partial charge in [0.15, 0.2) is 0 Å². The molecule has 0 unspecified atom stereocenters. The first kappa shape index (κ1) is 13.3. The minimum atomic E-state index is -0.208. The fourth-order valence-corrected chi connectivity index (χ4v) is 2.12. The number of hydrogen-bond donors (Lipinski definition) is 2. The van der Waals surface area contributed by atoms with Crippen molar-refractivity contribution < 1.29 is 14.1 Å². The normalized spacial score (nSPS) is 15.2. The minimum absolute atomic E-state index is 0.0204. The minimum Gasteiger partial charge on any atom is -0.345 e. The molecule has 0 bridgehead atoms. The number of rotatable bonds is 3. The standard InChI is InChI=1S/C13H13N5O3/c14-5-11-16-13(17-21-11)8-3-1-2-4-9(8)18-7-10(19)15-6-12(18)20/h1-4H,5-7,14H2,(H,15,19). The Kier molecular flexibility index (Phi) is 3.36. The van der Waals surface area contributed by atoms with Crippen LogP contribution >= 0.6 is 0 Å². The molecule has 0 radical (unpaired) electrons. The highest BCUT2D eigenvalue weighted by atomic mass is 16.5. The van der Waals surface area contributed by atoms with Gasteiger partial charge in [0.2, 0.25) is 23.5 Å². The molecule has 108 valence electrons. The van der Waals surface area contributed by atoms with Gasteiger partial charge in [-0.1, -0.05) is 17.3 Å². The number of nitrogens with one attached hydrogen (secondary N) is 1. The van der Waals surface area contributed by atoms with Gasteiger partial charge in [-0.3, -0.25) is 9.59 Å². The van der Waals surface area contributed by atoms with E-state index in [1.807, 2.05) is 0 Å². The lowest BCUT2D eigenvalue weighted by Gasteiger charge is -2.27. The van der Waals surface area contributed by atoms with Crippen molar-refractivity contribution in [2.75, 3.05) is 18.0 Å². The van der Waals surface area contributed by atoms with Gasteiger partial charge in [0.05, 0.1) is 18.8 Å². The second-order valence-electron chi connectivity index (χ2n) is 4.49. The van der Waals surface area contributed by atoms with Crippen molar-refractivity contribution in [2.45, 2.75) is 6.54 Å². The van der Waals surface area contributed by atoms with Crippen molar-refractivity contribution in [2.24, 2.45) is 5.73 Å². The Bertz CT molecular complexity index is 697. The zero-order valence-electron chi connectivity index (χ0n) is 11.1. The number of nitrogens with two attached hydrogens (primary N) is 1. The summed E-state index contributed by atoms with van der Waals surface area (Å²) < 4.78 is 4.99. The molecule has 1 fully saturated rings. The average molecular weight is 287 g/mol. The second-order valence-corrected chi connectivity index (χ2v) is 4.49. The molecular weight excluding hydrogens is 274 g/mol. The van der Waals surface area contributed by atoms with E-state index < -0.39 is 0 Å². The molecule has 1 aliphatic rings. The molecule has 0 aliphatic carbocycles. The molecule has 21 heavy (non-hydrogen) atoms. The van der Waals surface area contributed by atoms with E-state index in [4.69, 9.17) is 10.3 Å². The molecule has 3 N–H and O–H groups in total. The lowest BCUT2D eigenvalue weighted by atomic mass is 10.1. The monoisotopic (exact) mass is 287 g/mol. The van der Waals surface area contributed by atoms with E-state index >= 15 is 0 Å². The van der Waals surface area contributed by atoms with Crippen LogP contribution in [0, 0.1) is 0 Å². The van der Waals surface area contributed by atoms with Crippen LogP contribution < -0.4 is 16.0 Å². The summed E-state index contributed by atoms with van der Waals surface area (Å²) >= 11 is 0. The Morgan fingerprint density at radius 3 is 2.90 bits per heavy atom. The summed E-state index contributed by atoms with van der Waals surface area (Å²) in [6.45, 7) is 0.0884. The van der Waals surface area contributed by atoms with Gasteiger partial charge in [0.1, 0.15) is 6.54 Å². The van der Waals surface area contributed by atoms with Crippen LogP contribution in [-0.2, 0) is 16.1 Å². The molecule has 8 heteroatoms. The quantitative estimate of drug-likeness (QED) is 0.798. The lowest BCUT2D eigenvalue weighted by molar-refractivity contribution is -0.128. The molecule has 2 aromatic rings. The molecule has 2 heterocycles. The third-order valence-electron chi connectivity index (χ3n) is 3.12. The van der Waals surface area contributed by atoms with Gasteiger partial charge in [0.25, 0.3) is 0 Å². The van der Waals surface area contributed by atoms with Crippen molar-refractivity contribution in [1.82, 2.24) is 15.5 Å². The Morgan fingerprint density at radius 2 is 2.14 bits per heavy atom. The van der Waals surface area contributed by atoms with E-state index in [1.165, 1.54) is 4.90 Å². The lowest BCUT2D eigenvalue weighted by Crippen LogP contribution is -2.51. The Labute approximate surface area is 119 Å². The summed E-state index contributed by atoms with van der Waals surface area (Å²) in [7, 11) is 0. The van der Waals surface area contributed by atoms with E-state index in [-0.39, 0.29) is 31.4 Å². The van der Waals surface area contributed by atoms with Gasteiger partial charge in [-0.2, -0.15) is 4.98 Å². The van der Waals surface area contributed by atoms with Crippen LogP contribution in [0.5, 0.6) is 0 Å². The van der Waals surface area contributed by atoms with Crippen LogP contribution in [0.1, 0.15) is 5.89 Å². The fourth-order valence-electron chi connectivity index (χ4n) is 2.12. The maximum absolute atomic E-state index is 12.0. The smallest absolute Gasteiger partial charge is 0.246 e. The number of hydrogen-bond acceptors (Lipinski definition) is 6. The second kappa shape index (κ2) is 5.33. The molecule has 1 aromatic heterocycles. The van der Waals surface area contributed by atoms with Crippen LogP contribution in [-0.4, -0.2) is 35.0 Å². The van der Waals surface area contributed by atoms with E-state index in [9.17, 15) is 9.59 Å². The Hall–Kier alpha value is -2.74. The van der Waals surface area contributed by atoms with Gasteiger partial charge >= 0.3 is 0 Å². The first-order chi connectivity index (χ1) is 10.2. The van der Waals surface area contributed by atoms with E-state index in [2.05, 4.69) is 15.5 Å². The number of carbonyl (C=O) groups excluding carboxylic acids is 2. The molecule has 3 rings (SSSR count). The van der Waals surface area contributed by atoms with E-state index in [0.717, 1.165) is 0 Å². The van der Waals surface area contributed by atoms with Gasteiger partial charge in [-0.25, -0.2) is 0 Å². The molecule has 0 spiro atoms. The first-order valence-corrected chi connectivity index (χ1v) is 6.38. The summed E-state index contributed by atoms with van der Waals surface area (Å²) in [5.74, 6) is 0.247. The van der Waals surface area contributed by atoms with Crippen LogP contribution in [0.25, 0.3) is 11.4 Å². The third kappa shape index (κ3) is 2.48. The molecular formula is C13H13N5O3. The first-order valence-electron chi connectivity index (χ1n) is 6.38. The number of benzene rings is 1. The molecule has 8 nitrogen and oxygen atoms in total. The number of anilines is 1. The summed E-state index contributed by atoms with van der Waals surface area (Å²) in [5, 5.41) is 6.36. The molecule has 1 aliphatic heterocycles. The Morgan fingerprint density at radius 1 is 1.33 bits per heavy atom. The van der Waals surface area contributed by atoms with E-state index in [0.29, 0.717) is 23.0 Å². The average Bonchev–Trinajstić information content (AvgIpc) is 2.99. The van der Waals surface area contributed by atoms with Crippen molar-refractivity contribution >= 4 is 17.5 Å². The zero-order chi connectivity index (χ0) is 14.8. The van der Waals surface area contributed by atoms with Crippen LogP contribution in [0.2, 0.25) is 0 Å². The SMILES string of the molecule is NCc1nc(-c2ccccc2N2CC(=O)NCC2=O)no1. The summed E-state index contributed by atoms with van der Waals surface area (Å²) in [6, 6.07) is 7.08. The van der Waals surface area contributed by atoms with Gasteiger partial charge in [-0.15, -0.1) is 0 Å². The molecule has 1 aromatic carbocycles. The molecule has 0 atom stereocenters. The summed E-state index contributed by atoms with van der Waals surface area (Å²) in [6.07, 6.45) is 0. The van der Waals surface area contributed by atoms with Gasteiger partial charge in [0, 0.05) is 5.56 Å². The largest absolute Gasteiger partial charge is 0.345 e. The van der Waals surface area contributed by atoms with Crippen LogP contribution in [0.15, 0.2) is 28.8 Å². The van der Waals surface area contributed by atoms with Crippen molar-refractivity contribution in [3.63, 3.8) is 0 Å². The van der Waals surface area contributed by atoms with Crippen molar-refractivity contribution in [3.8, 4) is 11.4 Å². The predicted octanol–water partition coefficient (Wildman–Crippen LogP) is -0.342. The van der Waals surface area contributed by atoms with Crippen molar-refractivity contribution in [3.05, 3.63) is 30.2 Å². The van der Waals surface area contributed by atoms with E-state index in [1.54, 1.807) is 24.3 Å². The summed E-state index contributed by atoms with van der Waals surface area (Å²) in [4.78, 5) is 29.1. The maximum atomic E-state index is 12.0. The topological polar surface area (TPSA) is 114 Å². The number of amides is 2.